The molecule has 0 amide bonds. The molecule has 26 heavy (non-hydrogen) atoms. The van der Waals surface area contributed by atoms with Crippen molar-refractivity contribution in [1.82, 2.24) is 5.43 Å². The summed E-state index contributed by atoms with van der Waals surface area (Å²) < 4.78 is 0. The van der Waals surface area contributed by atoms with Gasteiger partial charge in [-0.1, -0.05) is 36.4 Å². The van der Waals surface area contributed by atoms with E-state index in [1.807, 2.05) is 6.07 Å². The molecule has 0 atom stereocenters. The minimum atomic E-state index is -0.0203. The maximum atomic E-state index is 7.40. The Morgan fingerprint density at radius 1 is 0.846 bits per heavy atom. The number of nitrogens with one attached hydrogen (secondary N) is 3. The van der Waals surface area contributed by atoms with Crippen LogP contribution in [0.3, 0.4) is 0 Å². The highest BCUT2D eigenvalue weighted by molar-refractivity contribution is 5.97. The second-order valence-electron chi connectivity index (χ2n) is 5.18. The summed E-state index contributed by atoms with van der Waals surface area (Å²) in [6.45, 7) is 0. The molecule has 0 fully saturated rings. The van der Waals surface area contributed by atoms with Gasteiger partial charge in [0, 0.05) is 11.1 Å². The molecule has 9 N–H and O–H groups in total. The average molecular weight is 349 g/mol. The van der Waals surface area contributed by atoms with Gasteiger partial charge < -0.3 is 17.2 Å². The molecule has 0 radical (unpaired) electrons. The molecule has 0 aromatic heterocycles. The van der Waals surface area contributed by atoms with E-state index in [-0.39, 0.29) is 17.6 Å². The molecular formula is C17H19N9. The number of nitrogens with zero attached hydrogens (tertiary/aromatic N) is 3. The van der Waals surface area contributed by atoms with E-state index in [9.17, 15) is 0 Å². The topological polar surface area (TPSA) is 175 Å². The Bertz CT molecular complexity index is 897. The summed E-state index contributed by atoms with van der Waals surface area (Å²) in [7, 11) is 0. The molecule has 9 nitrogen and oxygen atoms in total. The van der Waals surface area contributed by atoms with Gasteiger partial charge in [-0.25, -0.2) is 5.43 Å². The van der Waals surface area contributed by atoms with E-state index in [0.717, 1.165) is 11.1 Å². The number of benzene rings is 2. The molecule has 0 aliphatic carbocycles. The zero-order valence-corrected chi connectivity index (χ0v) is 13.8. The zero-order chi connectivity index (χ0) is 18.9. The molecular weight excluding hydrogens is 330 g/mol. The van der Waals surface area contributed by atoms with Crippen LogP contribution < -0.4 is 22.6 Å². The highest BCUT2D eigenvalue weighted by atomic mass is 15.4. The van der Waals surface area contributed by atoms with Gasteiger partial charge in [0.25, 0.3) is 0 Å². The van der Waals surface area contributed by atoms with Crippen LogP contribution in [0.1, 0.15) is 22.3 Å². The number of hydrazone groups is 1. The Balaban J connectivity index is 1.96. The van der Waals surface area contributed by atoms with Gasteiger partial charge in [-0.15, -0.1) is 5.10 Å². The van der Waals surface area contributed by atoms with E-state index in [2.05, 4.69) is 20.7 Å². The molecule has 2 rings (SSSR count). The fraction of sp³-hybridized carbons (Fsp3) is 0. The maximum Gasteiger partial charge on any atom is 0.234 e. The molecule has 0 spiro atoms. The lowest BCUT2D eigenvalue weighted by Crippen LogP contribution is -2.26. The van der Waals surface area contributed by atoms with Crippen LogP contribution in [0.5, 0.6) is 0 Å². The van der Waals surface area contributed by atoms with Gasteiger partial charge >= 0.3 is 0 Å². The summed E-state index contributed by atoms with van der Waals surface area (Å²) in [6, 6.07) is 14.1. The molecule has 0 saturated carbocycles. The first-order chi connectivity index (χ1) is 12.5. The van der Waals surface area contributed by atoms with Crippen LogP contribution in [0.4, 0.5) is 0 Å². The summed E-state index contributed by atoms with van der Waals surface area (Å²) in [6.07, 6.45) is 3.01. The van der Waals surface area contributed by atoms with Gasteiger partial charge in [-0.05, 0) is 23.3 Å². The van der Waals surface area contributed by atoms with Crippen LogP contribution in [-0.2, 0) is 0 Å². The number of hydrogen-bond acceptors (Lipinski definition) is 5. The third-order valence-corrected chi connectivity index (χ3v) is 3.16. The van der Waals surface area contributed by atoms with Crippen LogP contribution in [0.2, 0.25) is 0 Å². The third-order valence-electron chi connectivity index (χ3n) is 3.16. The minimum absolute atomic E-state index is 0.00273. The zero-order valence-electron chi connectivity index (χ0n) is 13.8. The molecule has 0 aliphatic rings. The Morgan fingerprint density at radius 3 is 1.92 bits per heavy atom. The lowest BCUT2D eigenvalue weighted by atomic mass is 10.1. The highest BCUT2D eigenvalue weighted by Gasteiger charge is 1.97. The number of amidine groups is 2. The maximum absolute atomic E-state index is 7.40. The molecule has 0 saturated heterocycles. The van der Waals surface area contributed by atoms with E-state index >= 15 is 0 Å². The van der Waals surface area contributed by atoms with Crippen molar-refractivity contribution in [2.75, 3.05) is 0 Å². The van der Waals surface area contributed by atoms with Gasteiger partial charge in [0.2, 0.25) is 5.96 Å². The number of rotatable bonds is 6. The fourth-order valence-electron chi connectivity index (χ4n) is 1.93. The van der Waals surface area contributed by atoms with E-state index in [1.54, 1.807) is 42.5 Å². The predicted molar refractivity (Wildman–Crippen MR) is 105 cm³/mol. The van der Waals surface area contributed by atoms with E-state index in [4.69, 9.17) is 28.0 Å². The third kappa shape index (κ3) is 5.57. The first-order valence-electron chi connectivity index (χ1n) is 7.50. The Kier molecular flexibility index (Phi) is 6.16. The van der Waals surface area contributed by atoms with Crippen molar-refractivity contribution in [1.29, 1.82) is 10.8 Å². The Morgan fingerprint density at radius 2 is 1.38 bits per heavy atom. The second kappa shape index (κ2) is 8.73. The first-order valence-corrected chi connectivity index (χ1v) is 7.50. The van der Waals surface area contributed by atoms with Crippen LogP contribution in [0.25, 0.3) is 0 Å². The number of nitrogens with two attached hydrogens (primary N) is 3. The second-order valence-corrected chi connectivity index (χ2v) is 5.18. The summed E-state index contributed by atoms with van der Waals surface area (Å²) >= 11 is 0. The molecule has 2 aromatic carbocycles. The van der Waals surface area contributed by atoms with Gasteiger partial charge in [0.05, 0.1) is 12.4 Å². The molecule has 0 unspecified atom stereocenters. The van der Waals surface area contributed by atoms with Gasteiger partial charge in [-0.2, -0.15) is 10.2 Å². The standard InChI is InChI=1S/C17H19N9/c18-15(19)13-5-1-3-11(7-13)9-23-25-17(22)26-24-10-12-4-2-6-14(8-12)16(20)21/h1-10H,(H3,18,19)(H3,20,21)(H3,22,25,26)/b23-9-,24-10+. The van der Waals surface area contributed by atoms with Crippen molar-refractivity contribution < 1.29 is 0 Å². The Labute approximate surface area is 150 Å². The van der Waals surface area contributed by atoms with Gasteiger partial charge in [-0.3, -0.25) is 10.8 Å². The molecule has 0 heterocycles. The largest absolute Gasteiger partial charge is 0.384 e. The summed E-state index contributed by atoms with van der Waals surface area (Å²) in [5, 5.41) is 26.4. The number of guanidine groups is 1. The predicted octanol–water partition coefficient (Wildman–Crippen LogP) is 0.527. The average Bonchev–Trinajstić information content (AvgIpc) is 2.62. The van der Waals surface area contributed by atoms with E-state index in [1.165, 1.54) is 12.4 Å². The number of nitrogen functional groups attached to an aromatic ring is 2. The summed E-state index contributed by atoms with van der Waals surface area (Å²) in [4.78, 5) is 0. The highest BCUT2D eigenvalue weighted by Crippen LogP contribution is 2.03. The van der Waals surface area contributed by atoms with Crippen LogP contribution >= 0.6 is 0 Å². The molecule has 0 aliphatic heterocycles. The lowest BCUT2D eigenvalue weighted by molar-refractivity contribution is 0.994. The normalized spacial score (nSPS) is 11.8. The summed E-state index contributed by atoms with van der Waals surface area (Å²) in [5.74, 6) is -0.0338. The van der Waals surface area contributed by atoms with Crippen LogP contribution in [0, 0.1) is 10.8 Å². The first kappa shape index (κ1) is 18.3. The van der Waals surface area contributed by atoms with Gasteiger partial charge in [0.15, 0.2) is 0 Å². The molecule has 0 bridgehead atoms. The van der Waals surface area contributed by atoms with Crippen LogP contribution in [0.15, 0.2) is 63.8 Å². The van der Waals surface area contributed by atoms with E-state index in [0.29, 0.717) is 11.1 Å². The van der Waals surface area contributed by atoms with Crippen molar-refractivity contribution in [2.45, 2.75) is 0 Å². The van der Waals surface area contributed by atoms with E-state index < -0.39 is 0 Å². The number of hydrogen-bond donors (Lipinski definition) is 6. The molecule has 2 aromatic rings. The smallest absolute Gasteiger partial charge is 0.234 e. The summed E-state index contributed by atoms with van der Waals surface area (Å²) in [5.41, 5.74) is 21.8. The quantitative estimate of drug-likeness (QED) is 0.253. The van der Waals surface area contributed by atoms with Crippen LogP contribution in [-0.4, -0.2) is 30.1 Å². The SMILES string of the molecule is N=C(N)c1cccc(/C=N\N/C(N)=N\N=C\c2cccc(C(=N)N)c2)c1. The van der Waals surface area contributed by atoms with Crippen molar-refractivity contribution in [3.8, 4) is 0 Å². The van der Waals surface area contributed by atoms with Crippen molar-refractivity contribution in [2.24, 2.45) is 32.5 Å². The van der Waals surface area contributed by atoms with Gasteiger partial charge in [0.1, 0.15) is 11.7 Å². The monoisotopic (exact) mass is 349 g/mol. The molecule has 9 heteroatoms. The minimum Gasteiger partial charge on any atom is -0.384 e. The lowest BCUT2D eigenvalue weighted by Gasteiger charge is -2.00. The molecule has 132 valence electrons. The Hall–Kier alpha value is -4.01. The van der Waals surface area contributed by atoms with Crippen molar-refractivity contribution in [3.63, 3.8) is 0 Å². The fourth-order valence-corrected chi connectivity index (χ4v) is 1.93. The van der Waals surface area contributed by atoms with Crippen molar-refractivity contribution >= 4 is 30.1 Å². The van der Waals surface area contributed by atoms with Crippen molar-refractivity contribution in [3.05, 3.63) is 70.8 Å².